The van der Waals surface area contributed by atoms with E-state index in [2.05, 4.69) is 5.32 Å². The van der Waals surface area contributed by atoms with Crippen LogP contribution in [-0.4, -0.2) is 41.0 Å². The van der Waals surface area contributed by atoms with Crippen LogP contribution in [-0.2, 0) is 21.2 Å². The van der Waals surface area contributed by atoms with Gasteiger partial charge in [-0.1, -0.05) is 61.5 Å². The first-order chi connectivity index (χ1) is 15.4. The predicted octanol–water partition coefficient (Wildman–Crippen LogP) is 3.70. The molecule has 1 amide bonds. The van der Waals surface area contributed by atoms with Crippen molar-refractivity contribution >= 4 is 27.3 Å². The van der Waals surface area contributed by atoms with E-state index in [1.807, 2.05) is 61.3 Å². The number of anilines is 2. The Morgan fingerprint density at radius 2 is 1.47 bits per heavy atom. The van der Waals surface area contributed by atoms with Crippen LogP contribution in [0.2, 0.25) is 0 Å². The first-order valence-electron chi connectivity index (χ1n) is 10.6. The number of sulfonamides is 1. The molecule has 3 rings (SSSR count). The summed E-state index contributed by atoms with van der Waals surface area (Å²) in [5, 5.41) is 2.86. The molecule has 0 bridgehead atoms. The van der Waals surface area contributed by atoms with Crippen molar-refractivity contribution in [2.75, 3.05) is 35.9 Å². The second kappa shape index (κ2) is 10.8. The van der Waals surface area contributed by atoms with E-state index in [-0.39, 0.29) is 17.3 Å². The molecule has 0 aliphatic heterocycles. The number of nitrogens with zero attached hydrogens (tertiary/aromatic N) is 2. The lowest BCUT2D eigenvalue weighted by molar-refractivity contribution is -0.119. The lowest BCUT2D eigenvalue weighted by Crippen LogP contribution is -2.43. The Morgan fingerprint density at radius 1 is 0.875 bits per heavy atom. The number of carbonyl (C=O) groups is 1. The molecule has 0 atom stereocenters. The molecule has 32 heavy (non-hydrogen) atoms. The van der Waals surface area contributed by atoms with Crippen molar-refractivity contribution in [1.29, 1.82) is 0 Å². The van der Waals surface area contributed by atoms with Crippen LogP contribution in [0.5, 0.6) is 0 Å². The van der Waals surface area contributed by atoms with Gasteiger partial charge >= 0.3 is 0 Å². The maximum Gasteiger partial charge on any atom is 0.264 e. The maximum atomic E-state index is 13.4. The number of para-hydroxylation sites is 2. The van der Waals surface area contributed by atoms with Crippen LogP contribution in [0.4, 0.5) is 11.4 Å². The minimum absolute atomic E-state index is 0.155. The van der Waals surface area contributed by atoms with E-state index in [4.69, 9.17) is 0 Å². The maximum absolute atomic E-state index is 13.4. The standard InChI is InChI=1S/C25H29N3O3S/c1-3-21-12-10-11-17-24(21)28(32(30,31)23-15-8-5-9-16-23)20-25(29)26-18-19-27(2)22-13-6-4-7-14-22/h4-17H,3,18-20H2,1-2H3,(H,26,29). The Hall–Kier alpha value is -3.32. The van der Waals surface area contributed by atoms with Gasteiger partial charge < -0.3 is 10.2 Å². The summed E-state index contributed by atoms with van der Waals surface area (Å²) in [6.45, 7) is 2.68. The molecule has 0 heterocycles. The van der Waals surface area contributed by atoms with Crippen molar-refractivity contribution in [3.8, 4) is 0 Å². The molecule has 168 valence electrons. The van der Waals surface area contributed by atoms with Crippen LogP contribution < -0.4 is 14.5 Å². The number of hydrogen-bond donors (Lipinski definition) is 1. The topological polar surface area (TPSA) is 69.7 Å². The van der Waals surface area contributed by atoms with Crippen molar-refractivity contribution < 1.29 is 13.2 Å². The van der Waals surface area contributed by atoms with Gasteiger partial charge in [0.2, 0.25) is 5.91 Å². The summed E-state index contributed by atoms with van der Waals surface area (Å²) in [6, 6.07) is 25.4. The molecule has 0 saturated heterocycles. The fourth-order valence-corrected chi connectivity index (χ4v) is 4.91. The molecule has 0 saturated carbocycles. The van der Waals surface area contributed by atoms with Crippen molar-refractivity contribution in [2.24, 2.45) is 0 Å². The molecule has 0 aliphatic rings. The molecule has 3 aromatic carbocycles. The lowest BCUT2D eigenvalue weighted by atomic mass is 10.1. The fraction of sp³-hybridized carbons (Fsp3) is 0.240. The first-order valence-corrected chi connectivity index (χ1v) is 12.1. The highest BCUT2D eigenvalue weighted by atomic mass is 32.2. The van der Waals surface area contributed by atoms with E-state index in [1.54, 1.807) is 42.5 Å². The smallest absolute Gasteiger partial charge is 0.264 e. The molecule has 6 nitrogen and oxygen atoms in total. The molecule has 0 radical (unpaired) electrons. The zero-order chi connectivity index (χ0) is 23.0. The molecule has 7 heteroatoms. The van der Waals surface area contributed by atoms with E-state index in [0.717, 1.165) is 11.3 Å². The average Bonchev–Trinajstić information content (AvgIpc) is 2.83. The number of carbonyl (C=O) groups excluding carboxylic acids is 1. The summed E-state index contributed by atoms with van der Waals surface area (Å²) in [7, 11) is -1.95. The number of aryl methyl sites for hydroxylation is 1. The summed E-state index contributed by atoms with van der Waals surface area (Å²) in [5.41, 5.74) is 2.44. The van der Waals surface area contributed by atoms with Gasteiger partial charge in [-0.2, -0.15) is 0 Å². The van der Waals surface area contributed by atoms with Crippen molar-refractivity contribution in [3.63, 3.8) is 0 Å². The van der Waals surface area contributed by atoms with Gasteiger partial charge in [0.15, 0.2) is 0 Å². The Balaban J connectivity index is 1.76. The van der Waals surface area contributed by atoms with Gasteiger partial charge in [0.05, 0.1) is 10.6 Å². The minimum atomic E-state index is -3.90. The number of hydrogen-bond acceptors (Lipinski definition) is 4. The summed E-state index contributed by atoms with van der Waals surface area (Å²) < 4.78 is 28.1. The Morgan fingerprint density at radius 3 is 2.12 bits per heavy atom. The molecule has 0 spiro atoms. The van der Waals surface area contributed by atoms with Crippen molar-refractivity contribution in [2.45, 2.75) is 18.2 Å². The van der Waals surface area contributed by atoms with Gasteiger partial charge in [-0.05, 0) is 42.3 Å². The van der Waals surface area contributed by atoms with Crippen molar-refractivity contribution in [3.05, 3.63) is 90.5 Å². The molecular formula is C25H29N3O3S. The molecule has 0 fully saturated rings. The van der Waals surface area contributed by atoms with Crippen LogP contribution >= 0.6 is 0 Å². The second-order valence-corrected chi connectivity index (χ2v) is 9.28. The number of rotatable bonds is 10. The number of likely N-dealkylation sites (N-methyl/N-ethyl adjacent to an activating group) is 1. The van der Waals surface area contributed by atoms with Crippen LogP contribution in [0.1, 0.15) is 12.5 Å². The van der Waals surface area contributed by atoms with Gasteiger partial charge in [-0.15, -0.1) is 0 Å². The molecule has 3 aromatic rings. The number of nitrogens with one attached hydrogen (secondary N) is 1. The van der Waals surface area contributed by atoms with Crippen LogP contribution in [0.15, 0.2) is 89.8 Å². The summed E-state index contributed by atoms with van der Waals surface area (Å²) >= 11 is 0. The molecule has 0 aromatic heterocycles. The van der Waals surface area contributed by atoms with Gasteiger partial charge in [0.1, 0.15) is 6.54 Å². The van der Waals surface area contributed by atoms with Gasteiger partial charge in [-0.3, -0.25) is 9.10 Å². The second-order valence-electron chi connectivity index (χ2n) is 7.41. The number of amides is 1. The highest BCUT2D eigenvalue weighted by Gasteiger charge is 2.28. The van der Waals surface area contributed by atoms with Gasteiger partial charge in [-0.25, -0.2) is 8.42 Å². The van der Waals surface area contributed by atoms with Gasteiger partial charge in [0.25, 0.3) is 10.0 Å². The minimum Gasteiger partial charge on any atom is -0.373 e. The average molecular weight is 452 g/mol. The Kier molecular flexibility index (Phi) is 7.89. The third-order valence-corrected chi connectivity index (χ3v) is 7.00. The van der Waals surface area contributed by atoms with E-state index in [9.17, 15) is 13.2 Å². The summed E-state index contributed by atoms with van der Waals surface area (Å²) in [6.07, 6.45) is 0.653. The van der Waals surface area contributed by atoms with Crippen LogP contribution in [0.25, 0.3) is 0 Å². The zero-order valence-electron chi connectivity index (χ0n) is 18.4. The molecule has 1 N–H and O–H groups in total. The largest absolute Gasteiger partial charge is 0.373 e. The van der Waals surface area contributed by atoms with Gasteiger partial charge in [0, 0.05) is 25.8 Å². The highest BCUT2D eigenvalue weighted by molar-refractivity contribution is 7.92. The summed E-state index contributed by atoms with van der Waals surface area (Å²) in [4.78, 5) is 15.0. The SMILES string of the molecule is CCc1ccccc1N(CC(=O)NCCN(C)c1ccccc1)S(=O)(=O)c1ccccc1. The van der Waals surface area contributed by atoms with E-state index in [1.165, 1.54) is 4.31 Å². The summed E-state index contributed by atoms with van der Waals surface area (Å²) in [5.74, 6) is -0.350. The number of benzene rings is 3. The quantitative estimate of drug-likeness (QED) is 0.510. The predicted molar refractivity (Wildman–Crippen MR) is 130 cm³/mol. The fourth-order valence-electron chi connectivity index (χ4n) is 3.43. The van der Waals surface area contributed by atoms with Crippen LogP contribution in [0.3, 0.4) is 0 Å². The zero-order valence-corrected chi connectivity index (χ0v) is 19.3. The normalized spacial score (nSPS) is 11.1. The third kappa shape index (κ3) is 5.68. The van der Waals surface area contributed by atoms with Crippen molar-refractivity contribution in [1.82, 2.24) is 5.32 Å². The lowest BCUT2D eigenvalue weighted by Gasteiger charge is -2.26. The highest BCUT2D eigenvalue weighted by Crippen LogP contribution is 2.27. The third-order valence-electron chi connectivity index (χ3n) is 5.23. The molecule has 0 aliphatic carbocycles. The molecule has 0 unspecified atom stereocenters. The Bertz CT molecular complexity index is 1120. The Labute approximate surface area is 190 Å². The van der Waals surface area contributed by atoms with E-state index >= 15 is 0 Å². The van der Waals surface area contributed by atoms with Crippen LogP contribution in [0, 0.1) is 0 Å². The van der Waals surface area contributed by atoms with E-state index < -0.39 is 10.0 Å². The van der Waals surface area contributed by atoms with E-state index in [0.29, 0.717) is 25.2 Å². The first kappa shape index (κ1) is 23.3. The monoisotopic (exact) mass is 451 g/mol. The molecular weight excluding hydrogens is 422 g/mol.